The third-order valence-corrected chi connectivity index (χ3v) is 3.66. The van der Waals surface area contributed by atoms with Gasteiger partial charge in [-0.1, -0.05) is 37.3 Å². The van der Waals surface area contributed by atoms with E-state index in [1.54, 1.807) is 0 Å². The molecule has 2 rings (SSSR count). The van der Waals surface area contributed by atoms with Crippen molar-refractivity contribution in [3.63, 3.8) is 0 Å². The fourth-order valence-corrected chi connectivity index (χ4v) is 2.49. The van der Waals surface area contributed by atoms with Crippen LogP contribution < -0.4 is 5.32 Å². The Balaban J connectivity index is 2.01. The highest BCUT2D eigenvalue weighted by atomic mass is 15.3. The lowest BCUT2D eigenvalue weighted by Gasteiger charge is -2.17. The van der Waals surface area contributed by atoms with Crippen LogP contribution in [0.2, 0.25) is 0 Å². The minimum Gasteiger partial charge on any atom is -0.313 e. The minimum atomic E-state index is 0.426. The van der Waals surface area contributed by atoms with Gasteiger partial charge in [-0.2, -0.15) is 5.10 Å². The molecule has 1 N–H and O–H groups in total. The molecule has 0 aliphatic rings. The van der Waals surface area contributed by atoms with Gasteiger partial charge >= 0.3 is 0 Å². The second-order valence-electron chi connectivity index (χ2n) is 5.93. The molecule has 0 radical (unpaired) electrons. The van der Waals surface area contributed by atoms with E-state index in [9.17, 15) is 0 Å². The third-order valence-electron chi connectivity index (χ3n) is 3.66. The maximum absolute atomic E-state index is 4.68. The maximum Gasteiger partial charge on any atom is 0.0640 e. The number of hydrogen-bond acceptors (Lipinski definition) is 2. The highest BCUT2D eigenvalue weighted by Crippen LogP contribution is 2.10. The summed E-state index contributed by atoms with van der Waals surface area (Å²) in [6, 6.07) is 13.7. The Hall–Kier alpha value is -1.61. The molecule has 0 aliphatic carbocycles. The zero-order valence-electron chi connectivity index (χ0n) is 13.4. The molecule has 0 spiro atoms. The van der Waals surface area contributed by atoms with Crippen molar-refractivity contribution in [2.75, 3.05) is 6.54 Å². The van der Waals surface area contributed by atoms with Crippen molar-refractivity contribution in [1.82, 2.24) is 15.1 Å². The van der Waals surface area contributed by atoms with Gasteiger partial charge in [0.15, 0.2) is 0 Å². The fraction of sp³-hybridized carbons (Fsp3) is 0.500. The van der Waals surface area contributed by atoms with Crippen molar-refractivity contribution in [2.45, 2.75) is 52.1 Å². The van der Waals surface area contributed by atoms with E-state index >= 15 is 0 Å². The molecule has 3 heteroatoms. The molecule has 1 unspecified atom stereocenters. The molecular weight excluding hydrogens is 258 g/mol. The summed E-state index contributed by atoms with van der Waals surface area (Å²) < 4.78 is 2.04. The summed E-state index contributed by atoms with van der Waals surface area (Å²) in [5.74, 6) is 0. The normalized spacial score (nSPS) is 12.8. The molecule has 1 heterocycles. The Morgan fingerprint density at radius 2 is 1.86 bits per heavy atom. The van der Waals surface area contributed by atoms with Crippen LogP contribution in [-0.2, 0) is 12.8 Å². The quantitative estimate of drug-likeness (QED) is 0.803. The van der Waals surface area contributed by atoms with E-state index < -0.39 is 0 Å². The van der Waals surface area contributed by atoms with Crippen molar-refractivity contribution in [1.29, 1.82) is 0 Å². The predicted octanol–water partition coefficient (Wildman–Crippen LogP) is 3.62. The Bertz CT molecular complexity index is 516. The summed E-state index contributed by atoms with van der Waals surface area (Å²) in [4.78, 5) is 0. The minimum absolute atomic E-state index is 0.426. The molecule has 1 atom stereocenters. The summed E-state index contributed by atoms with van der Waals surface area (Å²) in [6.07, 6.45) is 5.27. The average Bonchev–Trinajstić information content (AvgIpc) is 2.94. The average molecular weight is 285 g/mol. The van der Waals surface area contributed by atoms with Gasteiger partial charge in [-0.15, -0.1) is 0 Å². The molecule has 0 bridgehead atoms. The van der Waals surface area contributed by atoms with Crippen molar-refractivity contribution >= 4 is 0 Å². The van der Waals surface area contributed by atoms with Crippen LogP contribution in [0.3, 0.4) is 0 Å². The lowest BCUT2D eigenvalue weighted by atomic mass is 10.0. The zero-order valence-corrected chi connectivity index (χ0v) is 13.4. The summed E-state index contributed by atoms with van der Waals surface area (Å²) in [6.45, 7) is 7.59. The number of benzene rings is 1. The van der Waals surface area contributed by atoms with Crippen LogP contribution in [0.1, 0.15) is 44.5 Å². The van der Waals surface area contributed by atoms with E-state index in [1.165, 1.54) is 11.3 Å². The highest BCUT2D eigenvalue weighted by molar-refractivity contribution is 5.16. The van der Waals surface area contributed by atoms with Crippen LogP contribution in [-0.4, -0.2) is 22.4 Å². The number of rotatable bonds is 8. The van der Waals surface area contributed by atoms with Crippen LogP contribution in [0.25, 0.3) is 0 Å². The van der Waals surface area contributed by atoms with E-state index in [1.807, 2.05) is 4.68 Å². The molecule has 0 amide bonds. The molecule has 0 aliphatic heterocycles. The SMILES string of the molecule is CCCNC(Cc1ccccc1)Cc1ccn(C(C)C)n1. The number of hydrogen-bond donors (Lipinski definition) is 1. The van der Waals surface area contributed by atoms with E-state index in [0.29, 0.717) is 12.1 Å². The summed E-state index contributed by atoms with van der Waals surface area (Å²) >= 11 is 0. The fourth-order valence-electron chi connectivity index (χ4n) is 2.49. The summed E-state index contributed by atoms with van der Waals surface area (Å²) in [5.41, 5.74) is 2.56. The molecule has 1 aromatic heterocycles. The summed E-state index contributed by atoms with van der Waals surface area (Å²) in [5, 5.41) is 8.33. The lowest BCUT2D eigenvalue weighted by Crippen LogP contribution is -2.34. The van der Waals surface area contributed by atoms with Gasteiger partial charge in [-0.25, -0.2) is 0 Å². The Morgan fingerprint density at radius 1 is 1.10 bits per heavy atom. The topological polar surface area (TPSA) is 29.9 Å². The predicted molar refractivity (Wildman–Crippen MR) is 88.5 cm³/mol. The first-order valence-corrected chi connectivity index (χ1v) is 8.00. The van der Waals surface area contributed by atoms with Gasteiger partial charge in [-0.05, 0) is 44.9 Å². The second kappa shape index (κ2) is 7.99. The number of nitrogens with one attached hydrogen (secondary N) is 1. The Kier molecular flexibility index (Phi) is 6.00. The van der Waals surface area contributed by atoms with Crippen LogP contribution in [0.15, 0.2) is 42.6 Å². The number of aromatic nitrogens is 2. The standard InChI is InChI=1S/C18H27N3/c1-4-11-19-18(13-16-8-6-5-7-9-16)14-17-10-12-21(20-17)15(2)3/h5-10,12,15,18-19H,4,11,13-14H2,1-3H3. The van der Waals surface area contributed by atoms with Crippen molar-refractivity contribution in [3.05, 3.63) is 53.9 Å². The third kappa shape index (κ3) is 5.01. The van der Waals surface area contributed by atoms with Crippen LogP contribution in [0.5, 0.6) is 0 Å². The zero-order chi connectivity index (χ0) is 15.1. The lowest BCUT2D eigenvalue weighted by molar-refractivity contribution is 0.485. The van der Waals surface area contributed by atoms with Crippen molar-refractivity contribution < 1.29 is 0 Å². The van der Waals surface area contributed by atoms with Gasteiger partial charge in [0.2, 0.25) is 0 Å². The monoisotopic (exact) mass is 285 g/mol. The van der Waals surface area contributed by atoms with E-state index in [-0.39, 0.29) is 0 Å². The molecule has 1 aromatic carbocycles. The smallest absolute Gasteiger partial charge is 0.0640 e. The maximum atomic E-state index is 4.68. The van der Waals surface area contributed by atoms with Crippen LogP contribution in [0, 0.1) is 0 Å². The Morgan fingerprint density at radius 3 is 2.48 bits per heavy atom. The van der Waals surface area contributed by atoms with Gasteiger partial charge < -0.3 is 5.32 Å². The molecule has 0 fully saturated rings. The highest BCUT2D eigenvalue weighted by Gasteiger charge is 2.12. The molecule has 0 saturated carbocycles. The van der Waals surface area contributed by atoms with Gasteiger partial charge in [0, 0.05) is 24.7 Å². The first-order valence-electron chi connectivity index (χ1n) is 8.00. The molecule has 3 nitrogen and oxygen atoms in total. The first-order chi connectivity index (χ1) is 10.2. The second-order valence-corrected chi connectivity index (χ2v) is 5.93. The molecule has 2 aromatic rings. The van der Waals surface area contributed by atoms with Crippen molar-refractivity contribution in [3.8, 4) is 0 Å². The van der Waals surface area contributed by atoms with E-state index in [2.05, 4.69) is 73.8 Å². The molecular formula is C18H27N3. The largest absolute Gasteiger partial charge is 0.313 e. The van der Waals surface area contributed by atoms with E-state index in [4.69, 9.17) is 0 Å². The van der Waals surface area contributed by atoms with Gasteiger partial charge in [0.05, 0.1) is 5.69 Å². The molecule has 0 saturated heterocycles. The van der Waals surface area contributed by atoms with Gasteiger partial charge in [0.1, 0.15) is 0 Å². The summed E-state index contributed by atoms with van der Waals surface area (Å²) in [7, 11) is 0. The van der Waals surface area contributed by atoms with E-state index in [0.717, 1.165) is 25.8 Å². The molecule has 114 valence electrons. The van der Waals surface area contributed by atoms with Crippen LogP contribution >= 0.6 is 0 Å². The van der Waals surface area contributed by atoms with Gasteiger partial charge in [0.25, 0.3) is 0 Å². The van der Waals surface area contributed by atoms with Crippen LogP contribution in [0.4, 0.5) is 0 Å². The van der Waals surface area contributed by atoms with Crippen molar-refractivity contribution in [2.24, 2.45) is 0 Å². The number of nitrogens with zero attached hydrogens (tertiary/aromatic N) is 2. The first kappa shape index (κ1) is 15.8. The Labute approximate surface area is 128 Å². The molecule has 21 heavy (non-hydrogen) atoms. The van der Waals surface area contributed by atoms with Gasteiger partial charge in [-0.3, -0.25) is 4.68 Å².